The largest absolute Gasteiger partial charge is 0.483 e. The minimum atomic E-state index is -0.466. The molecule has 0 aliphatic carbocycles. The molecule has 1 aromatic heterocycles. The Kier molecular flexibility index (Phi) is 6.52. The summed E-state index contributed by atoms with van der Waals surface area (Å²) in [4.78, 5) is 28.3. The molecule has 0 radical (unpaired) electrons. The van der Waals surface area contributed by atoms with Gasteiger partial charge < -0.3 is 4.74 Å². The zero-order chi connectivity index (χ0) is 22.2. The van der Waals surface area contributed by atoms with Gasteiger partial charge in [0.15, 0.2) is 6.61 Å². The van der Waals surface area contributed by atoms with Crippen LogP contribution in [0.3, 0.4) is 0 Å². The van der Waals surface area contributed by atoms with Gasteiger partial charge in [-0.25, -0.2) is 9.67 Å². The van der Waals surface area contributed by atoms with Crippen LogP contribution in [-0.4, -0.2) is 33.2 Å². The van der Waals surface area contributed by atoms with Crippen molar-refractivity contribution in [1.82, 2.24) is 25.6 Å². The first-order valence-electron chi connectivity index (χ1n) is 9.98. The zero-order valence-corrected chi connectivity index (χ0v) is 17.1. The Hall–Kier alpha value is -4.46. The highest BCUT2D eigenvalue weighted by molar-refractivity contribution is 5.95. The van der Waals surface area contributed by atoms with Crippen molar-refractivity contribution in [2.75, 3.05) is 6.61 Å². The van der Waals surface area contributed by atoms with Gasteiger partial charge in [0.1, 0.15) is 18.4 Å². The van der Waals surface area contributed by atoms with Crippen molar-refractivity contribution in [2.45, 2.75) is 6.42 Å². The molecule has 1 heterocycles. The fourth-order valence-electron chi connectivity index (χ4n) is 3.09. The van der Waals surface area contributed by atoms with Crippen LogP contribution >= 0.6 is 0 Å². The number of aromatic nitrogens is 3. The van der Waals surface area contributed by atoms with Crippen molar-refractivity contribution >= 4 is 11.8 Å². The molecule has 160 valence electrons. The van der Waals surface area contributed by atoms with Crippen LogP contribution in [0.2, 0.25) is 0 Å². The van der Waals surface area contributed by atoms with Crippen LogP contribution in [0.25, 0.3) is 5.69 Å². The molecule has 0 unspecified atom stereocenters. The minimum absolute atomic E-state index is 0.225. The Balaban J connectivity index is 1.28. The molecule has 0 spiro atoms. The van der Waals surface area contributed by atoms with E-state index in [1.54, 1.807) is 35.3 Å². The SMILES string of the molecule is O=C(COc1ccccc1Cc1ccccc1)NNC(=O)c1ccc(-n2cncn2)cc1. The number of hydrogen-bond donors (Lipinski definition) is 2. The molecule has 0 fully saturated rings. The van der Waals surface area contributed by atoms with E-state index in [4.69, 9.17) is 4.74 Å². The smallest absolute Gasteiger partial charge is 0.276 e. The van der Waals surface area contributed by atoms with Crippen LogP contribution in [0, 0.1) is 0 Å². The minimum Gasteiger partial charge on any atom is -0.483 e. The van der Waals surface area contributed by atoms with Crippen molar-refractivity contribution in [3.8, 4) is 11.4 Å². The summed E-state index contributed by atoms with van der Waals surface area (Å²) in [5.74, 6) is -0.276. The third-order valence-corrected chi connectivity index (χ3v) is 4.70. The Morgan fingerprint density at radius 2 is 1.62 bits per heavy atom. The number of carbonyl (C=O) groups is 2. The highest BCUT2D eigenvalue weighted by Crippen LogP contribution is 2.21. The Morgan fingerprint density at radius 3 is 2.38 bits per heavy atom. The molecule has 32 heavy (non-hydrogen) atoms. The number of carbonyl (C=O) groups excluding carboxylic acids is 2. The average Bonchev–Trinajstić information content (AvgIpc) is 3.38. The van der Waals surface area contributed by atoms with Crippen LogP contribution in [0.5, 0.6) is 5.75 Å². The lowest BCUT2D eigenvalue weighted by Gasteiger charge is -2.12. The summed E-state index contributed by atoms with van der Waals surface area (Å²) in [6, 6.07) is 24.3. The van der Waals surface area contributed by atoms with Crippen molar-refractivity contribution < 1.29 is 14.3 Å². The molecule has 3 aromatic carbocycles. The van der Waals surface area contributed by atoms with E-state index in [1.165, 1.54) is 6.33 Å². The summed E-state index contributed by atoms with van der Waals surface area (Å²) in [5.41, 5.74) is 8.05. The maximum Gasteiger partial charge on any atom is 0.276 e. The first-order valence-corrected chi connectivity index (χ1v) is 9.98. The number of nitrogens with one attached hydrogen (secondary N) is 2. The molecule has 0 saturated carbocycles. The van der Waals surface area contributed by atoms with Gasteiger partial charge in [-0.3, -0.25) is 20.4 Å². The quantitative estimate of drug-likeness (QED) is 0.442. The van der Waals surface area contributed by atoms with Crippen molar-refractivity contribution in [2.24, 2.45) is 0 Å². The third-order valence-electron chi connectivity index (χ3n) is 4.70. The molecule has 0 atom stereocenters. The topological polar surface area (TPSA) is 98.1 Å². The number of amides is 2. The molecule has 8 heteroatoms. The normalized spacial score (nSPS) is 10.4. The van der Waals surface area contributed by atoms with Gasteiger partial charge in [0, 0.05) is 12.0 Å². The van der Waals surface area contributed by atoms with E-state index in [-0.39, 0.29) is 6.61 Å². The number of ether oxygens (including phenoxy) is 1. The van der Waals surface area contributed by atoms with E-state index in [1.807, 2.05) is 54.6 Å². The van der Waals surface area contributed by atoms with Gasteiger partial charge in [-0.15, -0.1) is 0 Å². The second-order valence-corrected chi connectivity index (χ2v) is 6.95. The average molecular weight is 427 g/mol. The van der Waals surface area contributed by atoms with Gasteiger partial charge in [-0.05, 0) is 41.5 Å². The van der Waals surface area contributed by atoms with Crippen molar-refractivity contribution in [1.29, 1.82) is 0 Å². The van der Waals surface area contributed by atoms with Gasteiger partial charge in [0.2, 0.25) is 0 Å². The summed E-state index contributed by atoms with van der Waals surface area (Å²) >= 11 is 0. The number of hydrogen-bond acceptors (Lipinski definition) is 5. The van der Waals surface area contributed by atoms with Crippen LogP contribution in [-0.2, 0) is 11.2 Å². The summed E-state index contributed by atoms with van der Waals surface area (Å²) in [6.07, 6.45) is 3.69. The predicted octanol–water partition coefficient (Wildman–Crippen LogP) is 2.70. The first-order chi connectivity index (χ1) is 15.7. The number of hydrazine groups is 1. The molecule has 4 rings (SSSR count). The highest BCUT2D eigenvalue weighted by Gasteiger charge is 2.10. The van der Waals surface area contributed by atoms with Gasteiger partial charge >= 0.3 is 0 Å². The lowest BCUT2D eigenvalue weighted by atomic mass is 10.0. The third kappa shape index (κ3) is 5.37. The predicted molar refractivity (Wildman–Crippen MR) is 118 cm³/mol. The van der Waals surface area contributed by atoms with Gasteiger partial charge in [0.25, 0.3) is 11.8 Å². The number of rotatable bonds is 7. The van der Waals surface area contributed by atoms with E-state index in [0.717, 1.165) is 16.8 Å². The second-order valence-electron chi connectivity index (χ2n) is 6.95. The van der Waals surface area contributed by atoms with Gasteiger partial charge in [0.05, 0.1) is 5.69 Å². The summed E-state index contributed by atoms with van der Waals surface area (Å²) in [5, 5.41) is 4.03. The Bertz CT molecular complexity index is 1180. The van der Waals surface area contributed by atoms with E-state index >= 15 is 0 Å². The summed E-state index contributed by atoms with van der Waals surface area (Å²) in [7, 11) is 0. The molecule has 2 N–H and O–H groups in total. The van der Waals surface area contributed by atoms with E-state index in [2.05, 4.69) is 20.9 Å². The first kappa shape index (κ1) is 20.8. The van der Waals surface area contributed by atoms with Crippen LogP contribution in [0.1, 0.15) is 21.5 Å². The molecule has 0 saturated heterocycles. The summed E-state index contributed by atoms with van der Waals surface area (Å²) < 4.78 is 7.27. The molecular formula is C24H21N5O3. The Labute approximate surface area is 184 Å². The highest BCUT2D eigenvalue weighted by atomic mass is 16.5. The molecule has 2 amide bonds. The van der Waals surface area contributed by atoms with Crippen molar-refractivity contribution in [3.05, 3.63) is 108 Å². The molecule has 0 aliphatic heterocycles. The van der Waals surface area contributed by atoms with E-state index in [0.29, 0.717) is 17.7 Å². The van der Waals surface area contributed by atoms with E-state index in [9.17, 15) is 9.59 Å². The molecule has 8 nitrogen and oxygen atoms in total. The zero-order valence-electron chi connectivity index (χ0n) is 17.1. The summed E-state index contributed by atoms with van der Waals surface area (Å²) in [6.45, 7) is -0.225. The number of benzene rings is 3. The fourth-order valence-corrected chi connectivity index (χ4v) is 3.09. The van der Waals surface area contributed by atoms with Crippen LogP contribution < -0.4 is 15.6 Å². The molecule has 4 aromatic rings. The maximum absolute atomic E-state index is 12.3. The Morgan fingerprint density at radius 1 is 0.875 bits per heavy atom. The van der Waals surface area contributed by atoms with Gasteiger partial charge in [-0.1, -0.05) is 48.5 Å². The standard InChI is InChI=1S/C24H21N5O3/c30-23(15-32-22-9-5-4-8-20(22)14-18-6-2-1-3-7-18)27-28-24(31)19-10-12-21(13-11-19)29-17-25-16-26-29/h1-13,16-17H,14-15H2,(H,27,30)(H,28,31). The number of nitrogens with zero attached hydrogens (tertiary/aromatic N) is 3. The lowest BCUT2D eigenvalue weighted by molar-refractivity contribution is -0.123. The van der Waals surface area contributed by atoms with Gasteiger partial charge in [-0.2, -0.15) is 5.10 Å². The maximum atomic E-state index is 12.3. The lowest BCUT2D eigenvalue weighted by Crippen LogP contribution is -2.43. The monoisotopic (exact) mass is 427 g/mol. The van der Waals surface area contributed by atoms with Crippen LogP contribution in [0.15, 0.2) is 91.5 Å². The second kappa shape index (κ2) is 10.0. The molecular weight excluding hydrogens is 406 g/mol. The fraction of sp³-hybridized carbons (Fsp3) is 0.0833. The molecule has 0 aliphatic rings. The van der Waals surface area contributed by atoms with Crippen LogP contribution in [0.4, 0.5) is 0 Å². The molecule has 0 bridgehead atoms. The number of para-hydroxylation sites is 1. The van der Waals surface area contributed by atoms with E-state index < -0.39 is 11.8 Å². The van der Waals surface area contributed by atoms with Crippen molar-refractivity contribution in [3.63, 3.8) is 0 Å².